The third-order valence-electron chi connectivity index (χ3n) is 2.86. The second-order valence-electron chi connectivity index (χ2n) is 4.62. The average molecular weight is 260 g/mol. The minimum Gasteiger partial charge on any atom is -0.478 e. The fourth-order valence-corrected chi connectivity index (χ4v) is 1.64. The average Bonchev–Trinajstić information content (AvgIpc) is 3.13. The summed E-state index contributed by atoms with van der Waals surface area (Å²) in [5.41, 5.74) is 2.37. The van der Waals surface area contributed by atoms with Gasteiger partial charge in [0.25, 0.3) is 0 Å². The van der Waals surface area contributed by atoms with E-state index in [1.807, 2.05) is 13.0 Å². The van der Waals surface area contributed by atoms with Crippen molar-refractivity contribution in [2.75, 3.05) is 5.32 Å². The van der Waals surface area contributed by atoms with Crippen LogP contribution in [0.5, 0.6) is 0 Å². The largest absolute Gasteiger partial charge is 0.478 e. The number of urea groups is 1. The molecular formula is C14H16N2O3. The minimum atomic E-state index is -0.996. The van der Waals surface area contributed by atoms with Crippen molar-refractivity contribution in [3.8, 4) is 0 Å². The maximum atomic E-state index is 11.6. The van der Waals surface area contributed by atoms with Gasteiger partial charge in [-0.2, -0.15) is 0 Å². The first-order chi connectivity index (χ1) is 9.04. The van der Waals surface area contributed by atoms with Gasteiger partial charge in [-0.05, 0) is 49.1 Å². The van der Waals surface area contributed by atoms with Gasteiger partial charge < -0.3 is 15.7 Å². The third-order valence-corrected chi connectivity index (χ3v) is 2.86. The van der Waals surface area contributed by atoms with Gasteiger partial charge in [0.2, 0.25) is 0 Å². The summed E-state index contributed by atoms with van der Waals surface area (Å²) in [6, 6.07) is 5.46. The van der Waals surface area contributed by atoms with Crippen molar-refractivity contribution in [2.24, 2.45) is 0 Å². The molecule has 0 aromatic heterocycles. The Bertz CT molecular complexity index is 533. The summed E-state index contributed by atoms with van der Waals surface area (Å²) >= 11 is 0. The number of hydrogen-bond donors (Lipinski definition) is 3. The van der Waals surface area contributed by atoms with Crippen molar-refractivity contribution in [2.45, 2.75) is 25.8 Å². The summed E-state index contributed by atoms with van der Waals surface area (Å²) in [5, 5.41) is 14.2. The van der Waals surface area contributed by atoms with Crippen LogP contribution in [0.3, 0.4) is 0 Å². The van der Waals surface area contributed by atoms with Gasteiger partial charge in [-0.15, -0.1) is 0 Å². The second-order valence-corrected chi connectivity index (χ2v) is 4.62. The van der Waals surface area contributed by atoms with E-state index in [0.717, 1.165) is 30.0 Å². The Labute approximate surface area is 111 Å². The molecule has 0 atom stereocenters. The maximum absolute atomic E-state index is 11.6. The maximum Gasteiger partial charge on any atom is 0.328 e. The molecule has 1 aliphatic rings. The van der Waals surface area contributed by atoms with Crippen LogP contribution in [-0.4, -0.2) is 23.1 Å². The van der Waals surface area contributed by atoms with Crippen molar-refractivity contribution < 1.29 is 14.7 Å². The van der Waals surface area contributed by atoms with E-state index in [1.165, 1.54) is 6.08 Å². The Morgan fingerprint density at radius 2 is 2.11 bits per heavy atom. The molecule has 0 aliphatic heterocycles. The molecule has 1 fully saturated rings. The number of aryl methyl sites for hydroxylation is 1. The predicted molar refractivity (Wildman–Crippen MR) is 73.0 cm³/mol. The Morgan fingerprint density at radius 3 is 2.74 bits per heavy atom. The van der Waals surface area contributed by atoms with Crippen LogP contribution in [0.2, 0.25) is 0 Å². The molecule has 2 amide bonds. The number of carboxylic acids is 1. The first-order valence-corrected chi connectivity index (χ1v) is 6.14. The molecule has 1 aromatic rings. The van der Waals surface area contributed by atoms with E-state index in [0.29, 0.717) is 11.7 Å². The molecule has 1 aliphatic carbocycles. The molecule has 0 unspecified atom stereocenters. The standard InChI is InChI=1S/C14H16N2O3/c1-9-2-4-12(8-10(9)3-7-13(17)18)16-14(19)15-11-5-6-11/h2-4,7-8,11H,5-6H2,1H3,(H,17,18)(H2,15,16,19). The lowest BCUT2D eigenvalue weighted by Gasteiger charge is -2.08. The molecule has 2 rings (SSSR count). The van der Waals surface area contributed by atoms with Crippen LogP contribution >= 0.6 is 0 Å². The van der Waals surface area contributed by atoms with Crippen molar-refractivity contribution in [1.82, 2.24) is 5.32 Å². The number of carboxylic acid groups (broad SMARTS) is 1. The molecule has 0 radical (unpaired) electrons. The minimum absolute atomic E-state index is 0.223. The summed E-state index contributed by atoms with van der Waals surface area (Å²) in [6.45, 7) is 1.88. The highest BCUT2D eigenvalue weighted by Crippen LogP contribution is 2.20. The van der Waals surface area contributed by atoms with Gasteiger partial charge in [0.15, 0.2) is 0 Å². The van der Waals surface area contributed by atoms with Crippen LogP contribution in [0, 0.1) is 6.92 Å². The lowest BCUT2D eigenvalue weighted by Crippen LogP contribution is -2.30. The van der Waals surface area contributed by atoms with Gasteiger partial charge in [-0.1, -0.05) is 6.07 Å². The molecule has 0 spiro atoms. The van der Waals surface area contributed by atoms with Gasteiger partial charge in [0.05, 0.1) is 0 Å². The van der Waals surface area contributed by atoms with Gasteiger partial charge >= 0.3 is 12.0 Å². The van der Waals surface area contributed by atoms with Gasteiger partial charge in [0, 0.05) is 17.8 Å². The lowest BCUT2D eigenvalue weighted by atomic mass is 10.1. The molecule has 0 heterocycles. The summed E-state index contributed by atoms with van der Waals surface area (Å²) in [4.78, 5) is 22.1. The van der Waals surface area contributed by atoms with E-state index in [9.17, 15) is 9.59 Å². The lowest BCUT2D eigenvalue weighted by molar-refractivity contribution is -0.131. The normalized spacial score (nSPS) is 14.4. The van der Waals surface area contributed by atoms with Crippen LogP contribution < -0.4 is 10.6 Å². The van der Waals surface area contributed by atoms with E-state index in [-0.39, 0.29) is 6.03 Å². The molecule has 5 nitrogen and oxygen atoms in total. The summed E-state index contributed by atoms with van der Waals surface area (Å²) in [5.74, 6) is -0.996. The van der Waals surface area contributed by atoms with Crippen LogP contribution in [-0.2, 0) is 4.79 Å². The molecule has 1 saturated carbocycles. The first-order valence-electron chi connectivity index (χ1n) is 6.14. The third kappa shape index (κ3) is 4.13. The van der Waals surface area contributed by atoms with Gasteiger partial charge in [0.1, 0.15) is 0 Å². The van der Waals surface area contributed by atoms with Crippen molar-refractivity contribution in [1.29, 1.82) is 0 Å². The number of aliphatic carboxylic acids is 1. The number of nitrogens with one attached hydrogen (secondary N) is 2. The van der Waals surface area contributed by atoms with E-state index in [2.05, 4.69) is 10.6 Å². The van der Waals surface area contributed by atoms with E-state index >= 15 is 0 Å². The Morgan fingerprint density at radius 1 is 1.37 bits per heavy atom. The number of benzene rings is 1. The predicted octanol–water partition coefficient (Wildman–Crippen LogP) is 2.38. The molecule has 1 aromatic carbocycles. The topological polar surface area (TPSA) is 78.4 Å². The van der Waals surface area contributed by atoms with E-state index in [4.69, 9.17) is 5.11 Å². The highest BCUT2D eigenvalue weighted by atomic mass is 16.4. The number of rotatable bonds is 4. The first kappa shape index (κ1) is 13.1. The van der Waals surface area contributed by atoms with Crippen LogP contribution in [0.4, 0.5) is 10.5 Å². The van der Waals surface area contributed by atoms with E-state index in [1.54, 1.807) is 12.1 Å². The number of hydrogen-bond acceptors (Lipinski definition) is 2. The fraction of sp³-hybridized carbons (Fsp3) is 0.286. The van der Waals surface area contributed by atoms with Gasteiger partial charge in [-0.25, -0.2) is 9.59 Å². The zero-order chi connectivity index (χ0) is 13.8. The molecule has 0 bridgehead atoms. The second kappa shape index (κ2) is 5.56. The Hall–Kier alpha value is -2.30. The summed E-state index contributed by atoms with van der Waals surface area (Å²) in [6.07, 6.45) is 4.67. The summed E-state index contributed by atoms with van der Waals surface area (Å²) in [7, 11) is 0. The zero-order valence-corrected chi connectivity index (χ0v) is 10.6. The van der Waals surface area contributed by atoms with Crippen molar-refractivity contribution in [3.63, 3.8) is 0 Å². The van der Waals surface area contributed by atoms with Crippen LogP contribution in [0.25, 0.3) is 6.08 Å². The molecular weight excluding hydrogens is 244 g/mol. The number of amides is 2. The molecule has 0 saturated heterocycles. The Kier molecular flexibility index (Phi) is 3.85. The monoisotopic (exact) mass is 260 g/mol. The number of carbonyl (C=O) groups excluding carboxylic acids is 1. The van der Waals surface area contributed by atoms with Crippen LogP contribution in [0.1, 0.15) is 24.0 Å². The molecule has 100 valence electrons. The number of anilines is 1. The van der Waals surface area contributed by atoms with Crippen molar-refractivity contribution in [3.05, 3.63) is 35.4 Å². The fourth-order valence-electron chi connectivity index (χ4n) is 1.64. The molecule has 5 heteroatoms. The zero-order valence-electron chi connectivity index (χ0n) is 10.6. The highest BCUT2D eigenvalue weighted by molar-refractivity contribution is 5.90. The Balaban J connectivity index is 2.06. The molecule has 19 heavy (non-hydrogen) atoms. The van der Waals surface area contributed by atoms with Crippen LogP contribution in [0.15, 0.2) is 24.3 Å². The highest BCUT2D eigenvalue weighted by Gasteiger charge is 2.23. The quantitative estimate of drug-likeness (QED) is 0.727. The molecule has 3 N–H and O–H groups in total. The SMILES string of the molecule is Cc1ccc(NC(=O)NC2CC2)cc1C=CC(=O)O. The van der Waals surface area contributed by atoms with Crippen molar-refractivity contribution >= 4 is 23.8 Å². The van der Waals surface area contributed by atoms with Gasteiger partial charge in [-0.3, -0.25) is 0 Å². The number of carbonyl (C=O) groups is 2. The van der Waals surface area contributed by atoms with E-state index < -0.39 is 5.97 Å². The smallest absolute Gasteiger partial charge is 0.328 e. The summed E-state index contributed by atoms with van der Waals surface area (Å²) < 4.78 is 0.